The third-order valence-corrected chi connectivity index (χ3v) is 6.87. The minimum absolute atomic E-state index is 0.141. The smallest absolute Gasteiger partial charge is 0.226 e. The van der Waals surface area contributed by atoms with Crippen LogP contribution in [0.15, 0.2) is 126 Å². The van der Waals surface area contributed by atoms with E-state index in [4.69, 9.17) is 21.0 Å². The van der Waals surface area contributed by atoms with Crippen molar-refractivity contribution in [1.29, 1.82) is 0 Å². The number of aromatic nitrogens is 3. The maximum Gasteiger partial charge on any atom is 0.226 e. The summed E-state index contributed by atoms with van der Waals surface area (Å²) in [6.07, 6.45) is 0. The third kappa shape index (κ3) is 3.92. The number of nitrogens with zero attached hydrogens (tertiary/aromatic N) is 3. The molecule has 0 spiro atoms. The molecule has 0 aliphatic carbocycles. The maximum atomic E-state index is 6.49. The fraction of sp³-hybridized carbons (Fsp3) is 0. The van der Waals surface area contributed by atoms with Gasteiger partial charge in [0.25, 0.3) is 0 Å². The van der Waals surface area contributed by atoms with Gasteiger partial charge in [0.15, 0.2) is 11.6 Å². The predicted molar refractivity (Wildman–Crippen MR) is 154 cm³/mol. The Bertz CT molecular complexity index is 1930. The fourth-order valence-electron chi connectivity index (χ4n) is 4.93. The zero-order valence-electron chi connectivity index (χ0n) is 20.2. The zero-order chi connectivity index (χ0) is 25.5. The van der Waals surface area contributed by atoms with Crippen molar-refractivity contribution < 1.29 is 4.42 Å². The van der Waals surface area contributed by atoms with E-state index in [1.54, 1.807) is 0 Å². The van der Waals surface area contributed by atoms with E-state index in [1.165, 1.54) is 11.1 Å². The van der Waals surface area contributed by atoms with Crippen LogP contribution in [0.25, 0.3) is 67.0 Å². The molecule has 38 heavy (non-hydrogen) atoms. The minimum Gasteiger partial charge on any atom is -0.455 e. The maximum absolute atomic E-state index is 6.49. The van der Waals surface area contributed by atoms with Crippen LogP contribution in [0.5, 0.6) is 0 Å². The molecule has 0 amide bonds. The van der Waals surface area contributed by atoms with Gasteiger partial charge >= 0.3 is 0 Å². The molecule has 0 aliphatic rings. The molecule has 2 heterocycles. The van der Waals surface area contributed by atoms with Gasteiger partial charge in [0.05, 0.1) is 5.56 Å². The Kier molecular flexibility index (Phi) is 5.46. The minimum atomic E-state index is 0.141. The van der Waals surface area contributed by atoms with Crippen LogP contribution in [-0.4, -0.2) is 15.0 Å². The van der Waals surface area contributed by atoms with Crippen LogP contribution in [0.2, 0.25) is 5.28 Å². The van der Waals surface area contributed by atoms with E-state index >= 15 is 0 Å². The van der Waals surface area contributed by atoms with Crippen LogP contribution in [0.1, 0.15) is 0 Å². The van der Waals surface area contributed by atoms with Crippen molar-refractivity contribution >= 4 is 33.5 Å². The first-order valence-corrected chi connectivity index (χ1v) is 12.7. The van der Waals surface area contributed by atoms with Gasteiger partial charge in [-0.2, -0.15) is 9.97 Å². The van der Waals surface area contributed by atoms with Gasteiger partial charge in [-0.25, -0.2) is 4.98 Å². The topological polar surface area (TPSA) is 51.8 Å². The lowest BCUT2D eigenvalue weighted by molar-refractivity contribution is 0.669. The van der Waals surface area contributed by atoms with Gasteiger partial charge in [-0.1, -0.05) is 103 Å². The molecule has 7 rings (SSSR count). The summed E-state index contributed by atoms with van der Waals surface area (Å²) in [7, 11) is 0. The van der Waals surface area contributed by atoms with Crippen molar-refractivity contribution in [2.24, 2.45) is 0 Å². The molecule has 5 aromatic carbocycles. The van der Waals surface area contributed by atoms with Crippen molar-refractivity contribution in [3.05, 3.63) is 127 Å². The number of halogens is 1. The summed E-state index contributed by atoms with van der Waals surface area (Å²) in [5.41, 5.74) is 7.76. The van der Waals surface area contributed by atoms with E-state index < -0.39 is 0 Å². The van der Waals surface area contributed by atoms with E-state index in [-0.39, 0.29) is 5.28 Å². The average molecular weight is 510 g/mol. The number of fused-ring (bicyclic) bond motifs is 3. The van der Waals surface area contributed by atoms with E-state index in [9.17, 15) is 0 Å². The summed E-state index contributed by atoms with van der Waals surface area (Å²) in [4.78, 5) is 13.5. The lowest BCUT2D eigenvalue weighted by atomic mass is 9.94. The Hall–Kier alpha value is -4.80. The van der Waals surface area contributed by atoms with Crippen LogP contribution in [-0.2, 0) is 0 Å². The molecular formula is C33H20ClN3O. The molecule has 0 saturated heterocycles. The Morgan fingerprint density at radius 1 is 0.474 bits per heavy atom. The highest BCUT2D eigenvalue weighted by molar-refractivity contribution is 6.28. The molecule has 0 fully saturated rings. The molecule has 7 aromatic rings. The van der Waals surface area contributed by atoms with Gasteiger partial charge in [-0.3, -0.25) is 0 Å². The number of hydrogen-bond acceptors (Lipinski definition) is 4. The molecule has 0 unspecified atom stereocenters. The van der Waals surface area contributed by atoms with Gasteiger partial charge in [0, 0.05) is 16.3 Å². The molecule has 0 radical (unpaired) electrons. The number of rotatable bonds is 4. The van der Waals surface area contributed by atoms with E-state index in [1.807, 2.05) is 48.5 Å². The highest BCUT2D eigenvalue weighted by Gasteiger charge is 2.17. The second kappa shape index (κ2) is 9.25. The number of para-hydroxylation sites is 1. The highest BCUT2D eigenvalue weighted by Crippen LogP contribution is 2.39. The lowest BCUT2D eigenvalue weighted by Crippen LogP contribution is -1.97. The van der Waals surface area contributed by atoms with Crippen molar-refractivity contribution in [3.63, 3.8) is 0 Å². The van der Waals surface area contributed by atoms with Gasteiger partial charge < -0.3 is 4.42 Å². The van der Waals surface area contributed by atoms with Gasteiger partial charge in [0.2, 0.25) is 5.28 Å². The molecule has 4 nitrogen and oxygen atoms in total. The Labute approximate surface area is 224 Å². The van der Waals surface area contributed by atoms with E-state index in [2.05, 4.69) is 82.8 Å². The second-order valence-corrected chi connectivity index (χ2v) is 9.36. The number of benzene rings is 5. The molecule has 0 N–H and O–H groups in total. The summed E-state index contributed by atoms with van der Waals surface area (Å²) in [6.45, 7) is 0. The van der Waals surface area contributed by atoms with Crippen molar-refractivity contribution in [2.75, 3.05) is 0 Å². The number of furan rings is 1. The molecule has 2 aromatic heterocycles. The van der Waals surface area contributed by atoms with Gasteiger partial charge in [0.1, 0.15) is 11.2 Å². The second-order valence-electron chi connectivity index (χ2n) is 9.02. The van der Waals surface area contributed by atoms with E-state index in [0.29, 0.717) is 11.6 Å². The Morgan fingerprint density at radius 2 is 1.11 bits per heavy atom. The van der Waals surface area contributed by atoms with Crippen molar-refractivity contribution in [2.45, 2.75) is 0 Å². The lowest BCUT2D eigenvalue weighted by Gasteiger charge is -2.10. The van der Waals surface area contributed by atoms with Crippen molar-refractivity contribution in [1.82, 2.24) is 15.0 Å². The first kappa shape index (κ1) is 22.4. The van der Waals surface area contributed by atoms with E-state index in [0.717, 1.165) is 44.2 Å². The summed E-state index contributed by atoms with van der Waals surface area (Å²) in [5, 5.41) is 2.17. The molecular weight excluding hydrogens is 490 g/mol. The van der Waals surface area contributed by atoms with Crippen LogP contribution >= 0.6 is 11.6 Å². The molecule has 0 atom stereocenters. The molecule has 0 aliphatic heterocycles. The summed E-state index contributed by atoms with van der Waals surface area (Å²) >= 11 is 6.34. The Morgan fingerprint density at radius 3 is 1.87 bits per heavy atom. The molecule has 180 valence electrons. The summed E-state index contributed by atoms with van der Waals surface area (Å²) in [6, 6.07) is 41.0. The van der Waals surface area contributed by atoms with Crippen LogP contribution < -0.4 is 0 Å². The van der Waals surface area contributed by atoms with Crippen LogP contribution in [0.3, 0.4) is 0 Å². The van der Waals surface area contributed by atoms with Gasteiger partial charge in [-0.15, -0.1) is 0 Å². The normalized spacial score (nSPS) is 11.3. The largest absolute Gasteiger partial charge is 0.455 e. The SMILES string of the molecule is Clc1nc(-c2ccccc2)nc(-c2cccc3c2oc2cc(-c4ccccc4-c4ccccc4)ccc23)n1. The monoisotopic (exact) mass is 509 g/mol. The molecule has 0 bridgehead atoms. The molecule has 0 saturated carbocycles. The summed E-state index contributed by atoms with van der Waals surface area (Å²) < 4.78 is 6.49. The predicted octanol–water partition coefficient (Wildman–Crippen LogP) is 9.09. The first-order valence-electron chi connectivity index (χ1n) is 12.3. The quantitative estimate of drug-likeness (QED) is 0.237. The third-order valence-electron chi connectivity index (χ3n) is 6.70. The average Bonchev–Trinajstić information content (AvgIpc) is 3.36. The standard InChI is InChI=1S/C33H20ClN3O/c34-33-36-31(22-12-5-2-6-13-22)35-32(37-33)28-17-9-16-27-26-19-18-23(20-29(26)38-30(27)28)25-15-8-7-14-24(25)21-10-3-1-4-11-21/h1-20H. The van der Waals surface area contributed by atoms with Gasteiger partial charge in [-0.05, 0) is 52.1 Å². The zero-order valence-corrected chi connectivity index (χ0v) is 20.9. The molecule has 5 heteroatoms. The van der Waals surface area contributed by atoms with Crippen LogP contribution in [0, 0.1) is 0 Å². The first-order chi connectivity index (χ1) is 18.7. The van der Waals surface area contributed by atoms with Crippen molar-refractivity contribution in [3.8, 4) is 45.0 Å². The number of hydrogen-bond donors (Lipinski definition) is 0. The highest BCUT2D eigenvalue weighted by atomic mass is 35.5. The fourth-order valence-corrected chi connectivity index (χ4v) is 5.09. The van der Waals surface area contributed by atoms with Crippen LogP contribution in [0.4, 0.5) is 0 Å². The summed E-state index contributed by atoms with van der Waals surface area (Å²) in [5.74, 6) is 0.997. The Balaban J connectivity index is 1.38.